The highest BCUT2D eigenvalue weighted by Gasteiger charge is 2.30. The molecule has 3 N–H and O–H groups in total. The Balaban J connectivity index is 1.77. The van der Waals surface area contributed by atoms with Crippen LogP contribution in [0.15, 0.2) is 29.3 Å². The Morgan fingerprint density at radius 1 is 1.43 bits per heavy atom. The molecule has 1 aromatic rings. The van der Waals surface area contributed by atoms with Crippen molar-refractivity contribution in [3.8, 4) is 5.75 Å². The van der Waals surface area contributed by atoms with E-state index in [0.717, 1.165) is 25.3 Å². The topological polar surface area (TPSA) is 85.2 Å². The molecule has 0 radical (unpaired) electrons. The summed E-state index contributed by atoms with van der Waals surface area (Å²) in [6, 6.07) is 7.39. The molecule has 2 heterocycles. The van der Waals surface area contributed by atoms with Crippen molar-refractivity contribution in [3.05, 3.63) is 24.3 Å². The number of primary amides is 1. The summed E-state index contributed by atoms with van der Waals surface area (Å²) in [5, 5.41) is 12.0. The van der Waals surface area contributed by atoms with Crippen LogP contribution in [0.25, 0.3) is 0 Å². The molecular formula is C16H22N5O2+. The van der Waals surface area contributed by atoms with Gasteiger partial charge in [-0.3, -0.25) is 4.79 Å². The van der Waals surface area contributed by atoms with Gasteiger partial charge in [-0.2, -0.15) is 0 Å². The number of hydrazine groups is 1. The molecule has 122 valence electrons. The highest BCUT2D eigenvalue weighted by molar-refractivity contribution is 5.73. The number of amides is 1. The SMILES string of the molecule is NC(=O)CCC1CN([N+]2=CCN=C2)CCN1c1cccc(O)c1. The van der Waals surface area contributed by atoms with E-state index in [1.54, 1.807) is 12.1 Å². The molecule has 1 saturated heterocycles. The third kappa shape index (κ3) is 3.61. The third-order valence-corrected chi connectivity index (χ3v) is 4.25. The Kier molecular flexibility index (Phi) is 4.45. The van der Waals surface area contributed by atoms with Crippen LogP contribution in [0.2, 0.25) is 0 Å². The van der Waals surface area contributed by atoms with Crippen molar-refractivity contribution in [2.75, 3.05) is 31.1 Å². The minimum Gasteiger partial charge on any atom is -0.508 e. The van der Waals surface area contributed by atoms with Gasteiger partial charge in [0.2, 0.25) is 5.91 Å². The number of carbonyl (C=O) groups is 1. The number of benzene rings is 1. The smallest absolute Gasteiger partial charge is 0.303 e. The number of piperazine rings is 1. The van der Waals surface area contributed by atoms with Crippen LogP contribution in [0.4, 0.5) is 5.69 Å². The normalized spacial score (nSPS) is 20.7. The highest BCUT2D eigenvalue weighted by Crippen LogP contribution is 2.26. The zero-order chi connectivity index (χ0) is 16.2. The number of phenolic OH excluding ortho intramolecular Hbond substituents is 1. The van der Waals surface area contributed by atoms with Gasteiger partial charge in [-0.25, -0.2) is 5.01 Å². The summed E-state index contributed by atoms with van der Waals surface area (Å²) in [5.74, 6) is -0.0362. The molecule has 1 aromatic carbocycles. The first-order chi connectivity index (χ1) is 11.1. The summed E-state index contributed by atoms with van der Waals surface area (Å²) in [5.41, 5.74) is 6.30. The van der Waals surface area contributed by atoms with Gasteiger partial charge >= 0.3 is 6.34 Å². The van der Waals surface area contributed by atoms with E-state index >= 15 is 0 Å². The summed E-state index contributed by atoms with van der Waals surface area (Å²) < 4.78 is 2.02. The maximum atomic E-state index is 11.2. The monoisotopic (exact) mass is 316 g/mol. The minimum atomic E-state index is -0.285. The molecule has 2 aliphatic heterocycles. The number of nitrogens with zero attached hydrogens (tertiary/aromatic N) is 4. The molecule has 1 atom stereocenters. The number of hydrazone groups is 1. The van der Waals surface area contributed by atoms with Gasteiger partial charge in [-0.15, -0.1) is 4.68 Å². The van der Waals surface area contributed by atoms with E-state index in [1.165, 1.54) is 0 Å². The first kappa shape index (κ1) is 15.3. The second-order valence-corrected chi connectivity index (χ2v) is 5.83. The van der Waals surface area contributed by atoms with Gasteiger partial charge in [-0.05, 0) is 18.6 Å². The number of hydrogen-bond donors (Lipinski definition) is 2. The minimum absolute atomic E-state index is 0.153. The maximum Gasteiger partial charge on any atom is 0.303 e. The summed E-state index contributed by atoms with van der Waals surface area (Å²) >= 11 is 0. The number of nitrogens with two attached hydrogens (primary N) is 1. The molecule has 0 aliphatic carbocycles. The molecular weight excluding hydrogens is 294 g/mol. The van der Waals surface area contributed by atoms with Crippen molar-refractivity contribution >= 4 is 24.1 Å². The van der Waals surface area contributed by atoms with E-state index < -0.39 is 0 Å². The average molecular weight is 316 g/mol. The van der Waals surface area contributed by atoms with Gasteiger partial charge in [0.1, 0.15) is 12.0 Å². The van der Waals surface area contributed by atoms with Crippen molar-refractivity contribution in [1.29, 1.82) is 0 Å². The first-order valence-corrected chi connectivity index (χ1v) is 7.84. The van der Waals surface area contributed by atoms with Crippen LogP contribution in [0, 0.1) is 0 Å². The van der Waals surface area contributed by atoms with Crippen molar-refractivity contribution in [2.45, 2.75) is 18.9 Å². The van der Waals surface area contributed by atoms with Crippen LogP contribution < -0.4 is 10.6 Å². The molecule has 2 aliphatic rings. The van der Waals surface area contributed by atoms with Crippen molar-refractivity contribution in [1.82, 2.24) is 5.01 Å². The van der Waals surface area contributed by atoms with E-state index in [9.17, 15) is 9.90 Å². The van der Waals surface area contributed by atoms with Crippen LogP contribution in [-0.4, -0.2) is 65.5 Å². The first-order valence-electron chi connectivity index (χ1n) is 7.84. The molecule has 0 saturated carbocycles. The molecule has 1 fully saturated rings. The second kappa shape index (κ2) is 6.68. The Bertz CT molecular complexity index is 643. The maximum absolute atomic E-state index is 11.2. The van der Waals surface area contributed by atoms with E-state index in [2.05, 4.69) is 14.9 Å². The summed E-state index contributed by atoms with van der Waals surface area (Å²) in [7, 11) is 0. The zero-order valence-electron chi connectivity index (χ0n) is 13.0. The number of hydrogen-bond acceptors (Lipinski definition) is 5. The Morgan fingerprint density at radius 2 is 2.30 bits per heavy atom. The Labute approximate surface area is 135 Å². The molecule has 0 spiro atoms. The molecule has 1 amide bonds. The average Bonchev–Trinajstić information content (AvgIpc) is 3.07. The third-order valence-electron chi connectivity index (χ3n) is 4.25. The summed E-state index contributed by atoms with van der Waals surface area (Å²) in [6.07, 6.45) is 4.91. The van der Waals surface area contributed by atoms with Crippen LogP contribution in [0.1, 0.15) is 12.8 Å². The van der Waals surface area contributed by atoms with Crippen molar-refractivity contribution in [2.24, 2.45) is 10.7 Å². The van der Waals surface area contributed by atoms with Crippen LogP contribution in [0.3, 0.4) is 0 Å². The molecule has 1 unspecified atom stereocenters. The number of rotatable bonds is 5. The molecule has 23 heavy (non-hydrogen) atoms. The number of aromatic hydroxyl groups is 1. The van der Waals surface area contributed by atoms with Crippen molar-refractivity contribution < 1.29 is 14.6 Å². The fraction of sp³-hybridized carbons (Fsp3) is 0.438. The van der Waals surface area contributed by atoms with Gasteiger partial charge in [0.25, 0.3) is 0 Å². The fourth-order valence-corrected chi connectivity index (χ4v) is 3.11. The lowest BCUT2D eigenvalue weighted by Crippen LogP contribution is -2.56. The summed E-state index contributed by atoms with van der Waals surface area (Å²) in [4.78, 5) is 17.6. The number of carbonyl (C=O) groups excluding carboxylic acids is 1. The summed E-state index contributed by atoms with van der Waals surface area (Å²) in [6.45, 7) is 3.15. The number of anilines is 1. The van der Waals surface area contributed by atoms with Crippen LogP contribution in [0.5, 0.6) is 5.75 Å². The largest absolute Gasteiger partial charge is 0.508 e. The molecule has 3 rings (SSSR count). The lowest BCUT2D eigenvalue weighted by Gasteiger charge is -2.42. The van der Waals surface area contributed by atoms with Gasteiger partial charge in [-0.1, -0.05) is 11.1 Å². The quantitative estimate of drug-likeness (QED) is 0.759. The van der Waals surface area contributed by atoms with Crippen LogP contribution in [-0.2, 0) is 4.79 Å². The Morgan fingerprint density at radius 3 is 3.00 bits per heavy atom. The molecule has 0 aromatic heterocycles. The molecule has 0 bridgehead atoms. The predicted octanol–water partition coefficient (Wildman–Crippen LogP) is 0.189. The van der Waals surface area contributed by atoms with Crippen molar-refractivity contribution in [3.63, 3.8) is 0 Å². The number of phenols is 1. The van der Waals surface area contributed by atoms with E-state index in [-0.39, 0.29) is 17.7 Å². The highest BCUT2D eigenvalue weighted by atomic mass is 16.3. The fourth-order valence-electron chi connectivity index (χ4n) is 3.11. The van der Waals surface area contributed by atoms with Gasteiger partial charge < -0.3 is 15.7 Å². The Hall–Kier alpha value is -2.57. The van der Waals surface area contributed by atoms with Crippen LogP contribution >= 0.6 is 0 Å². The predicted molar refractivity (Wildman–Crippen MR) is 88.9 cm³/mol. The standard InChI is InChI=1S/C16H21N5O2/c17-16(23)5-4-14-11-19(20-7-6-18-12-20)8-9-21(14)13-2-1-3-15(22)10-13/h1-3,7,10,12,14H,4-6,8-9,11H2,(H2-,17,22,23)/p+1. The van der Waals surface area contributed by atoms with E-state index in [1.807, 2.05) is 29.4 Å². The molecule has 7 nitrogen and oxygen atoms in total. The molecule has 7 heteroatoms. The number of aliphatic imine (C=N–C) groups is 1. The zero-order valence-corrected chi connectivity index (χ0v) is 13.0. The van der Waals surface area contributed by atoms with Gasteiger partial charge in [0.05, 0.1) is 19.1 Å². The van der Waals surface area contributed by atoms with Gasteiger partial charge in [0.15, 0.2) is 6.54 Å². The van der Waals surface area contributed by atoms with E-state index in [0.29, 0.717) is 19.4 Å². The lowest BCUT2D eigenvalue weighted by atomic mass is 10.1. The van der Waals surface area contributed by atoms with E-state index in [4.69, 9.17) is 5.73 Å². The second-order valence-electron chi connectivity index (χ2n) is 5.83. The lowest BCUT2D eigenvalue weighted by molar-refractivity contribution is -0.587. The van der Waals surface area contributed by atoms with Gasteiger partial charge in [0, 0.05) is 24.7 Å².